The normalized spacial score (nSPS) is 22.5. The van der Waals surface area contributed by atoms with Gasteiger partial charge in [-0.05, 0) is 83.0 Å². The van der Waals surface area contributed by atoms with E-state index in [1.807, 2.05) is 4.90 Å². The quantitative estimate of drug-likeness (QED) is 0.0201. The lowest BCUT2D eigenvalue weighted by Gasteiger charge is -2.41. The van der Waals surface area contributed by atoms with Crippen LogP contribution in [-0.2, 0) is 19.1 Å². The zero-order valence-corrected chi connectivity index (χ0v) is 64.0. The number of ether oxygens (including phenoxy) is 2. The molecule has 6 unspecified atom stereocenters. The third-order valence-corrected chi connectivity index (χ3v) is 20.8. The molecule has 98 heavy (non-hydrogen) atoms. The Labute approximate surface area is 600 Å². The summed E-state index contributed by atoms with van der Waals surface area (Å²) in [6.45, 7) is 13.7. The number of carbonyl (C=O) groups is 2. The lowest BCUT2D eigenvalue weighted by molar-refractivity contribution is -0.234. The number of hydrogen-bond acceptors (Lipinski definition) is 14. The van der Waals surface area contributed by atoms with Gasteiger partial charge in [0.2, 0.25) is 11.8 Å². The Hall–Kier alpha value is -2.06. The Morgan fingerprint density at radius 2 is 0.653 bits per heavy atom. The molecule has 0 spiro atoms. The first-order valence-electron chi connectivity index (χ1n) is 41.4. The highest BCUT2D eigenvalue weighted by Crippen LogP contribution is 2.29. The molecule has 0 saturated carbocycles. The maximum atomic E-state index is 14.1. The van der Waals surface area contributed by atoms with Gasteiger partial charge >= 0.3 is 0 Å². The number of aliphatic hydroxyl groups is 10. The Morgan fingerprint density at radius 3 is 1.06 bits per heavy atom. The van der Waals surface area contributed by atoms with E-state index in [0.717, 1.165) is 96.3 Å². The van der Waals surface area contributed by atoms with Crippen LogP contribution in [0.1, 0.15) is 363 Å². The van der Waals surface area contributed by atoms with Crippen molar-refractivity contribution in [3.05, 3.63) is 24.3 Å². The summed E-state index contributed by atoms with van der Waals surface area (Å²) in [6.07, 6.45) is 50.9. The molecule has 0 radical (unpaired) electrons. The van der Waals surface area contributed by atoms with Gasteiger partial charge in [-0.1, -0.05) is 291 Å². The first-order chi connectivity index (χ1) is 47.6. The van der Waals surface area contributed by atoms with Crippen molar-refractivity contribution in [3.8, 4) is 0 Å². The summed E-state index contributed by atoms with van der Waals surface area (Å²) in [6, 6.07) is 0. The molecular weight excluding hydrogens is 1240 g/mol. The van der Waals surface area contributed by atoms with E-state index in [1.54, 1.807) is 4.90 Å². The van der Waals surface area contributed by atoms with Gasteiger partial charge in [0.05, 0.1) is 37.6 Å². The average molecular weight is 1400 g/mol. The van der Waals surface area contributed by atoms with Gasteiger partial charge in [-0.2, -0.15) is 0 Å². The molecule has 2 saturated heterocycles. The molecule has 0 aromatic carbocycles. The Bertz CT molecular complexity index is 1840. The molecule has 2 aliphatic rings. The van der Waals surface area contributed by atoms with Gasteiger partial charge in [0.25, 0.3) is 0 Å². The van der Waals surface area contributed by atoms with E-state index in [-0.39, 0.29) is 43.7 Å². The van der Waals surface area contributed by atoms with Crippen molar-refractivity contribution in [3.63, 3.8) is 0 Å². The van der Waals surface area contributed by atoms with E-state index < -0.39 is 86.5 Å². The van der Waals surface area contributed by atoms with Crippen molar-refractivity contribution in [1.82, 2.24) is 9.80 Å². The van der Waals surface area contributed by atoms with E-state index in [2.05, 4.69) is 65.8 Å². The minimum Gasteiger partial charge on any atom is -0.394 e. The largest absolute Gasteiger partial charge is 0.394 e. The lowest BCUT2D eigenvalue weighted by Crippen LogP contribution is -2.59. The van der Waals surface area contributed by atoms with Crippen LogP contribution in [0.15, 0.2) is 24.3 Å². The number of allylic oxidation sites excluding steroid dienone is 4. The Balaban J connectivity index is 0.000000980. The van der Waals surface area contributed by atoms with Crippen LogP contribution in [0.5, 0.6) is 0 Å². The Kier molecular flexibility index (Phi) is 61.9. The van der Waals surface area contributed by atoms with Gasteiger partial charge in [0.1, 0.15) is 48.8 Å². The van der Waals surface area contributed by atoms with Crippen molar-refractivity contribution in [1.29, 1.82) is 0 Å². The fraction of sp³-hybridized carbons (Fsp3) is 0.927. The van der Waals surface area contributed by atoms with Gasteiger partial charge in [0, 0.05) is 51.4 Å². The van der Waals surface area contributed by atoms with E-state index in [4.69, 9.17) is 9.47 Å². The number of hydrogen-bond donors (Lipinski definition) is 10. The predicted molar refractivity (Wildman–Crippen MR) is 403 cm³/mol. The molecule has 0 aliphatic carbocycles. The summed E-state index contributed by atoms with van der Waals surface area (Å²) >= 11 is 0. The first-order valence-corrected chi connectivity index (χ1v) is 41.4. The number of nitrogens with zero attached hydrogens (tertiary/aromatic N) is 2. The molecule has 2 rings (SSSR count). The van der Waals surface area contributed by atoms with Crippen molar-refractivity contribution in [2.75, 3.05) is 39.4 Å². The third-order valence-electron chi connectivity index (χ3n) is 20.8. The summed E-state index contributed by atoms with van der Waals surface area (Å²) in [5.74, 6) is 0.650. The van der Waals surface area contributed by atoms with Crippen LogP contribution in [0.2, 0.25) is 0 Å². The van der Waals surface area contributed by atoms with Gasteiger partial charge in [-0.15, -0.1) is 0 Å². The smallest absolute Gasteiger partial charge is 0.225 e. The number of aliphatic hydroxyl groups excluding tert-OH is 10. The van der Waals surface area contributed by atoms with Crippen LogP contribution in [0.4, 0.5) is 0 Å². The molecule has 2 fully saturated rings. The minimum atomic E-state index is -1.48. The van der Waals surface area contributed by atoms with Crippen molar-refractivity contribution >= 4 is 11.8 Å². The van der Waals surface area contributed by atoms with Gasteiger partial charge in [-0.3, -0.25) is 9.59 Å². The third kappa shape index (κ3) is 45.9. The summed E-state index contributed by atoms with van der Waals surface area (Å²) < 4.78 is 11.3. The zero-order chi connectivity index (χ0) is 72.2. The van der Waals surface area contributed by atoms with Crippen molar-refractivity contribution in [2.45, 2.75) is 436 Å². The van der Waals surface area contributed by atoms with E-state index >= 15 is 0 Å². The SMILES string of the molecule is CCCCCC=CCCCCCN(CC(O)CC1O[C@H](CO)[C@@H](O)[C@H](O)[C@H]1O)C(=O)C(CCCC)CCCCCCCCCCCCCC.CCCCCC=CCCCN(CC(O)CC1O[C@H](CO)[C@@H](O)[C@H](O)[C@H]1O)C(=O)CCC(CCCCCC)CCCCCCCCCCCC. The Morgan fingerprint density at radius 1 is 0.347 bits per heavy atom. The average Bonchev–Trinajstić information content (AvgIpc) is 0.856. The van der Waals surface area contributed by atoms with Crippen LogP contribution >= 0.6 is 0 Å². The highest BCUT2D eigenvalue weighted by molar-refractivity contribution is 5.79. The second-order valence-corrected chi connectivity index (χ2v) is 29.8. The van der Waals surface area contributed by atoms with Crippen LogP contribution in [-0.4, -0.2) is 185 Å². The number of rotatable bonds is 64. The van der Waals surface area contributed by atoms with Crippen molar-refractivity contribution < 1.29 is 70.1 Å². The molecular formula is C82H158N2O14. The molecule has 10 N–H and O–H groups in total. The lowest BCUT2D eigenvalue weighted by atomic mass is 9.90. The predicted octanol–water partition coefficient (Wildman–Crippen LogP) is 16.0. The molecule has 2 amide bonds. The number of amides is 2. The second-order valence-electron chi connectivity index (χ2n) is 29.8. The van der Waals surface area contributed by atoms with E-state index in [9.17, 15) is 60.7 Å². The number of carbonyl (C=O) groups excluding carboxylic acids is 2. The second kappa shape index (κ2) is 64.5. The topological polar surface area (TPSA) is 261 Å². The fourth-order valence-electron chi connectivity index (χ4n) is 14.2. The van der Waals surface area contributed by atoms with Crippen molar-refractivity contribution in [2.24, 2.45) is 11.8 Å². The molecule has 0 aromatic heterocycles. The zero-order valence-electron chi connectivity index (χ0n) is 64.0. The summed E-state index contributed by atoms with van der Waals surface area (Å²) in [5.41, 5.74) is 0. The minimum absolute atomic E-state index is 0.00752. The molecule has 0 aromatic rings. The van der Waals surface area contributed by atoms with Crippen LogP contribution in [0, 0.1) is 11.8 Å². The van der Waals surface area contributed by atoms with Crippen LogP contribution < -0.4 is 0 Å². The van der Waals surface area contributed by atoms with Gasteiger partial charge in [0.15, 0.2) is 0 Å². The molecule has 0 bridgehead atoms. The standard InChI is InChI=1S/2C41H79NO7/c1-4-7-10-12-14-16-18-19-20-22-24-26-29-34(28-9-6-3)41(48)42(30-27-25-23-21-17-15-13-11-8-5-2)32-35(44)31-36-38(45)40(47)39(46)37(33-43)49-36;1-4-7-10-13-15-17-18-19-21-24-27-34(26-23-12-9-6-3)28-29-38(45)42(30-25-22-20-16-14-11-8-5-2)32-35(44)31-36-39(46)41(48)40(47)37(33-43)49-36/h15,17,34-40,43-47H,4-14,16,18-33H2,1-3H3;16,20,34-37,39-41,43-44,46-48H,4-15,17-19,21-33H2,1-3H3/t34?,35?,36?,37-,38+,39-,40-;34?,35?,36?,37-,39+,40-,41-/m11/s1. The van der Waals surface area contributed by atoms with Crippen LogP contribution in [0.25, 0.3) is 0 Å². The highest BCUT2D eigenvalue weighted by atomic mass is 16.6. The summed E-state index contributed by atoms with van der Waals surface area (Å²) in [7, 11) is 0. The summed E-state index contributed by atoms with van der Waals surface area (Å²) in [4.78, 5) is 31.4. The number of unbranched alkanes of at least 4 members (excludes halogenated alkanes) is 34. The van der Waals surface area contributed by atoms with E-state index in [0.29, 0.717) is 25.4 Å². The van der Waals surface area contributed by atoms with Crippen LogP contribution in [0.3, 0.4) is 0 Å². The molecule has 16 nitrogen and oxygen atoms in total. The molecule has 16 heteroatoms. The van der Waals surface area contributed by atoms with Gasteiger partial charge < -0.3 is 70.3 Å². The molecule has 14 atom stereocenters. The highest BCUT2D eigenvalue weighted by Gasteiger charge is 2.45. The molecule has 580 valence electrons. The van der Waals surface area contributed by atoms with E-state index in [1.165, 1.54) is 205 Å². The fourth-order valence-corrected chi connectivity index (χ4v) is 14.2. The monoisotopic (exact) mass is 1400 g/mol. The summed E-state index contributed by atoms with van der Waals surface area (Å²) in [5, 5.41) is 103. The van der Waals surface area contributed by atoms with Gasteiger partial charge in [-0.25, -0.2) is 0 Å². The maximum absolute atomic E-state index is 14.1. The first kappa shape index (κ1) is 94.0. The molecule has 2 aliphatic heterocycles. The molecule has 2 heterocycles. The maximum Gasteiger partial charge on any atom is 0.225 e.